The average Bonchev–Trinajstić information content (AvgIpc) is 2.37. The van der Waals surface area contributed by atoms with Gasteiger partial charge < -0.3 is 4.74 Å². The fourth-order valence-corrected chi connectivity index (χ4v) is 1.12. The summed E-state index contributed by atoms with van der Waals surface area (Å²) in [6.45, 7) is 2.93. The third-order valence-electron chi connectivity index (χ3n) is 1.62. The minimum Gasteiger partial charge on any atom is -0.352 e. The molecule has 0 saturated carbocycles. The van der Waals surface area contributed by atoms with E-state index in [2.05, 4.69) is 12.2 Å². The molecule has 2 atom stereocenters. The molecule has 1 aliphatic heterocycles. The summed E-state index contributed by atoms with van der Waals surface area (Å²) in [5.74, 6) is 0. The van der Waals surface area contributed by atoms with E-state index in [4.69, 9.17) is 4.74 Å². The molecule has 1 aliphatic rings. The first kappa shape index (κ1) is 7.69. The minimum absolute atomic E-state index is 0.250. The van der Waals surface area contributed by atoms with Gasteiger partial charge in [-0.1, -0.05) is 13.3 Å². The van der Waals surface area contributed by atoms with Gasteiger partial charge in [0.1, 0.15) is 0 Å². The summed E-state index contributed by atoms with van der Waals surface area (Å²) in [6, 6.07) is 0. The minimum atomic E-state index is -0.350. The van der Waals surface area contributed by atoms with Crippen molar-refractivity contribution in [2.45, 2.75) is 32.1 Å². The van der Waals surface area contributed by atoms with E-state index in [0.717, 1.165) is 25.7 Å². The summed E-state index contributed by atoms with van der Waals surface area (Å²) in [4.78, 5) is 10.2. The Morgan fingerprint density at radius 1 is 1.80 bits per heavy atom. The summed E-state index contributed by atoms with van der Waals surface area (Å²) in [6.07, 6.45) is 2.85. The molecule has 1 heterocycles. The highest BCUT2D eigenvalue weighted by Crippen LogP contribution is 2.08. The van der Waals surface area contributed by atoms with Crippen LogP contribution in [-0.4, -0.2) is 25.2 Å². The lowest BCUT2D eigenvalue weighted by Crippen LogP contribution is -2.23. The van der Waals surface area contributed by atoms with Crippen LogP contribution in [0.2, 0.25) is 0 Å². The zero-order chi connectivity index (χ0) is 7.40. The topological polar surface area (TPSA) is 38.3 Å². The number of hydrogen-bond acceptors (Lipinski definition) is 3. The second-order valence-corrected chi connectivity index (χ2v) is 2.51. The van der Waals surface area contributed by atoms with Gasteiger partial charge in [-0.2, -0.15) is 0 Å². The summed E-state index contributed by atoms with van der Waals surface area (Å²) < 4.78 is 5.27. The number of carbonyl (C=O) groups is 1. The molecule has 0 aromatic rings. The van der Waals surface area contributed by atoms with E-state index in [1.807, 2.05) is 0 Å². The van der Waals surface area contributed by atoms with Crippen LogP contribution in [-0.2, 0) is 9.53 Å². The molecule has 0 spiro atoms. The van der Waals surface area contributed by atoms with Crippen LogP contribution in [0.15, 0.2) is 0 Å². The summed E-state index contributed by atoms with van der Waals surface area (Å²) >= 11 is 0. The van der Waals surface area contributed by atoms with Crippen molar-refractivity contribution in [3.8, 4) is 0 Å². The monoisotopic (exact) mass is 143 g/mol. The maximum atomic E-state index is 10.2. The lowest BCUT2D eigenvalue weighted by Gasteiger charge is -2.05. The number of nitrogens with one attached hydrogen (secondary N) is 1. The van der Waals surface area contributed by atoms with Crippen LogP contribution in [0.25, 0.3) is 0 Å². The van der Waals surface area contributed by atoms with Crippen molar-refractivity contribution < 1.29 is 9.53 Å². The summed E-state index contributed by atoms with van der Waals surface area (Å²) in [7, 11) is 0. The molecule has 0 amide bonds. The molecule has 1 saturated heterocycles. The first-order valence-electron chi connectivity index (χ1n) is 3.71. The van der Waals surface area contributed by atoms with Crippen LogP contribution >= 0.6 is 0 Å². The predicted molar refractivity (Wildman–Crippen MR) is 37.6 cm³/mol. The molecule has 2 unspecified atom stereocenters. The van der Waals surface area contributed by atoms with Gasteiger partial charge >= 0.3 is 0 Å². The summed E-state index contributed by atoms with van der Waals surface area (Å²) in [5, 5.41) is 2.95. The molecule has 0 radical (unpaired) electrons. The Morgan fingerprint density at radius 3 is 3.10 bits per heavy atom. The highest BCUT2D eigenvalue weighted by Gasteiger charge is 2.22. The third kappa shape index (κ3) is 1.78. The fourth-order valence-electron chi connectivity index (χ4n) is 1.12. The maximum absolute atomic E-state index is 10.2. The van der Waals surface area contributed by atoms with E-state index in [-0.39, 0.29) is 12.3 Å². The normalized spacial score (nSPS) is 32.5. The second kappa shape index (κ2) is 3.68. The highest BCUT2D eigenvalue weighted by molar-refractivity contribution is 5.55. The Kier molecular flexibility index (Phi) is 2.83. The van der Waals surface area contributed by atoms with Gasteiger partial charge in [-0.3, -0.25) is 10.1 Å². The fraction of sp³-hybridized carbons (Fsp3) is 0.857. The van der Waals surface area contributed by atoms with Crippen molar-refractivity contribution >= 4 is 6.29 Å². The molecule has 3 heteroatoms. The molecular weight excluding hydrogens is 130 g/mol. The Labute approximate surface area is 60.7 Å². The number of aldehydes is 1. The zero-order valence-corrected chi connectivity index (χ0v) is 6.17. The molecule has 58 valence electrons. The molecule has 0 aromatic heterocycles. The van der Waals surface area contributed by atoms with Gasteiger partial charge in [0.2, 0.25) is 0 Å². The van der Waals surface area contributed by atoms with Crippen molar-refractivity contribution in [1.82, 2.24) is 5.32 Å². The van der Waals surface area contributed by atoms with E-state index in [0.29, 0.717) is 0 Å². The van der Waals surface area contributed by atoms with E-state index < -0.39 is 0 Å². The maximum Gasteiger partial charge on any atom is 0.165 e. The quantitative estimate of drug-likeness (QED) is 0.577. The van der Waals surface area contributed by atoms with Gasteiger partial charge in [-0.05, 0) is 6.42 Å². The Morgan fingerprint density at radius 2 is 2.60 bits per heavy atom. The van der Waals surface area contributed by atoms with Crippen LogP contribution in [0.1, 0.15) is 19.8 Å². The lowest BCUT2D eigenvalue weighted by atomic mass is 10.2. The van der Waals surface area contributed by atoms with Crippen LogP contribution in [0, 0.1) is 0 Å². The molecule has 0 bridgehead atoms. The molecule has 1 fully saturated rings. The Hall–Kier alpha value is -0.410. The van der Waals surface area contributed by atoms with Gasteiger partial charge in [0, 0.05) is 6.54 Å². The molecule has 1 rings (SSSR count). The van der Waals surface area contributed by atoms with Gasteiger partial charge in [0.05, 0.1) is 6.10 Å². The van der Waals surface area contributed by atoms with Gasteiger partial charge in [0.25, 0.3) is 0 Å². The van der Waals surface area contributed by atoms with E-state index >= 15 is 0 Å². The van der Waals surface area contributed by atoms with Crippen molar-refractivity contribution in [3.05, 3.63) is 0 Å². The van der Waals surface area contributed by atoms with Gasteiger partial charge in [-0.15, -0.1) is 0 Å². The predicted octanol–water partition coefficient (Wildman–Crippen LogP) is 0.300. The SMILES string of the molecule is CCCC1CNC(C=O)O1. The van der Waals surface area contributed by atoms with Crippen LogP contribution < -0.4 is 5.32 Å². The number of rotatable bonds is 3. The molecular formula is C7H13NO2. The molecule has 0 aliphatic carbocycles. The molecule has 0 aromatic carbocycles. The lowest BCUT2D eigenvalue weighted by molar-refractivity contribution is -0.118. The van der Waals surface area contributed by atoms with Crippen LogP contribution in [0.3, 0.4) is 0 Å². The number of hydrogen-bond donors (Lipinski definition) is 1. The number of carbonyl (C=O) groups excluding carboxylic acids is 1. The van der Waals surface area contributed by atoms with Crippen molar-refractivity contribution in [1.29, 1.82) is 0 Å². The van der Waals surface area contributed by atoms with E-state index in [9.17, 15) is 4.79 Å². The largest absolute Gasteiger partial charge is 0.352 e. The molecule has 10 heavy (non-hydrogen) atoms. The Balaban J connectivity index is 2.21. The molecule has 1 N–H and O–H groups in total. The zero-order valence-electron chi connectivity index (χ0n) is 6.17. The number of ether oxygens (including phenoxy) is 1. The summed E-state index contributed by atoms with van der Waals surface area (Å²) in [5.41, 5.74) is 0. The van der Waals surface area contributed by atoms with E-state index in [1.165, 1.54) is 0 Å². The molecule has 3 nitrogen and oxygen atoms in total. The van der Waals surface area contributed by atoms with Gasteiger partial charge in [-0.25, -0.2) is 0 Å². The highest BCUT2D eigenvalue weighted by atomic mass is 16.5. The van der Waals surface area contributed by atoms with E-state index in [1.54, 1.807) is 0 Å². The first-order chi connectivity index (χ1) is 4.86. The smallest absolute Gasteiger partial charge is 0.165 e. The van der Waals surface area contributed by atoms with Crippen molar-refractivity contribution in [2.75, 3.05) is 6.54 Å². The second-order valence-electron chi connectivity index (χ2n) is 2.51. The first-order valence-corrected chi connectivity index (χ1v) is 3.71. The van der Waals surface area contributed by atoms with Crippen molar-refractivity contribution in [2.24, 2.45) is 0 Å². The Bertz CT molecular complexity index is 116. The van der Waals surface area contributed by atoms with Crippen LogP contribution in [0.5, 0.6) is 0 Å². The van der Waals surface area contributed by atoms with Crippen molar-refractivity contribution in [3.63, 3.8) is 0 Å². The standard InChI is InChI=1S/C7H13NO2/c1-2-3-6-4-8-7(5-9)10-6/h5-8H,2-4H2,1H3. The van der Waals surface area contributed by atoms with Gasteiger partial charge in [0.15, 0.2) is 12.5 Å². The third-order valence-corrected chi connectivity index (χ3v) is 1.62. The van der Waals surface area contributed by atoms with Crippen LogP contribution in [0.4, 0.5) is 0 Å². The average molecular weight is 143 g/mol.